The predicted molar refractivity (Wildman–Crippen MR) is 121 cm³/mol. The van der Waals surface area contributed by atoms with Crippen LogP contribution in [0.3, 0.4) is 0 Å². The van der Waals surface area contributed by atoms with E-state index in [0.717, 1.165) is 5.56 Å². The minimum Gasteiger partial charge on any atom is -0.465 e. The first-order valence-corrected chi connectivity index (χ1v) is 10.8. The number of hydrogen-bond donors (Lipinski definition) is 0. The fraction of sp³-hybridized carbons (Fsp3) is 0.208. The van der Waals surface area contributed by atoms with Crippen LogP contribution in [0.25, 0.3) is 10.9 Å². The number of methoxy groups -OCH3 is 1. The molecule has 0 aliphatic heterocycles. The van der Waals surface area contributed by atoms with Crippen LogP contribution in [0.1, 0.15) is 40.4 Å². The maximum absolute atomic E-state index is 13.4. The number of nitrogens with zero attached hydrogens (tertiary/aromatic N) is 2. The molecular weight excluding hydrogens is 412 g/mol. The van der Waals surface area contributed by atoms with Gasteiger partial charge in [0.15, 0.2) is 5.16 Å². The highest BCUT2D eigenvalue weighted by Crippen LogP contribution is 2.28. The van der Waals surface area contributed by atoms with Gasteiger partial charge in [0.05, 0.1) is 29.8 Å². The quantitative estimate of drug-likeness (QED) is 0.242. The first-order chi connectivity index (χ1) is 15.0. The maximum Gasteiger partial charge on any atom is 0.341 e. The molecule has 2 aromatic heterocycles. The molecule has 7 heteroatoms. The van der Waals surface area contributed by atoms with Crippen molar-refractivity contribution in [2.24, 2.45) is 0 Å². The fourth-order valence-electron chi connectivity index (χ4n) is 3.51. The number of furan rings is 1. The highest BCUT2D eigenvalue weighted by molar-refractivity contribution is 7.98. The van der Waals surface area contributed by atoms with E-state index < -0.39 is 5.97 Å². The molecule has 2 aromatic carbocycles. The average molecular weight is 435 g/mol. The summed E-state index contributed by atoms with van der Waals surface area (Å²) in [6.07, 6.45) is 0. The van der Waals surface area contributed by atoms with Gasteiger partial charge in [-0.2, -0.15) is 0 Å². The third kappa shape index (κ3) is 4.14. The molecule has 0 saturated carbocycles. The molecule has 0 bridgehead atoms. The number of rotatable bonds is 6. The van der Waals surface area contributed by atoms with Gasteiger partial charge in [-0.1, -0.05) is 54.2 Å². The normalized spacial score (nSPS) is 12.1. The molecule has 158 valence electrons. The third-order valence-corrected chi connectivity index (χ3v) is 6.14. The zero-order chi connectivity index (χ0) is 22.0. The summed E-state index contributed by atoms with van der Waals surface area (Å²) in [5, 5.41) is 1.17. The molecule has 6 nitrogen and oxygen atoms in total. The maximum atomic E-state index is 13.4. The molecule has 0 N–H and O–H groups in total. The summed E-state index contributed by atoms with van der Waals surface area (Å²) in [5.74, 6) is 1.11. The van der Waals surface area contributed by atoms with Crippen molar-refractivity contribution in [3.05, 3.63) is 93.7 Å². The lowest BCUT2D eigenvalue weighted by molar-refractivity contribution is 0.0599. The number of thioether (sulfide) groups is 1. The molecule has 0 saturated heterocycles. The average Bonchev–Trinajstić information content (AvgIpc) is 3.18. The van der Waals surface area contributed by atoms with Gasteiger partial charge in [-0.15, -0.1) is 0 Å². The Bertz CT molecular complexity index is 1290. The van der Waals surface area contributed by atoms with Crippen molar-refractivity contribution >= 4 is 28.6 Å². The van der Waals surface area contributed by atoms with Crippen LogP contribution in [0.4, 0.5) is 0 Å². The molecule has 0 radical (unpaired) electrons. The summed E-state index contributed by atoms with van der Waals surface area (Å²) in [5.41, 5.74) is 1.98. The van der Waals surface area contributed by atoms with Gasteiger partial charge >= 0.3 is 5.97 Å². The second-order valence-corrected chi connectivity index (χ2v) is 8.08. The zero-order valence-corrected chi connectivity index (χ0v) is 18.3. The summed E-state index contributed by atoms with van der Waals surface area (Å²) in [7, 11) is 1.34. The van der Waals surface area contributed by atoms with E-state index in [2.05, 4.69) is 0 Å². The number of aromatic nitrogens is 2. The summed E-state index contributed by atoms with van der Waals surface area (Å²) < 4.78 is 12.2. The molecule has 0 aliphatic carbocycles. The number of aryl methyl sites for hydroxylation is 1. The lowest BCUT2D eigenvalue weighted by atomic mass is 10.1. The van der Waals surface area contributed by atoms with Crippen molar-refractivity contribution in [2.75, 3.05) is 7.11 Å². The van der Waals surface area contributed by atoms with Crippen LogP contribution in [0.2, 0.25) is 0 Å². The van der Waals surface area contributed by atoms with Crippen molar-refractivity contribution in [1.82, 2.24) is 9.55 Å². The largest absolute Gasteiger partial charge is 0.465 e. The van der Waals surface area contributed by atoms with Gasteiger partial charge in [0.1, 0.15) is 17.1 Å². The molecule has 0 fully saturated rings. The van der Waals surface area contributed by atoms with Crippen molar-refractivity contribution in [3.63, 3.8) is 0 Å². The minimum absolute atomic E-state index is 0.0877. The Morgan fingerprint density at radius 3 is 2.61 bits per heavy atom. The summed E-state index contributed by atoms with van der Waals surface area (Å²) >= 11 is 1.40. The summed E-state index contributed by atoms with van der Waals surface area (Å²) in [4.78, 5) is 30.0. The second kappa shape index (κ2) is 8.81. The van der Waals surface area contributed by atoms with E-state index >= 15 is 0 Å². The molecule has 0 amide bonds. The Hall–Kier alpha value is -3.32. The minimum atomic E-state index is -0.434. The number of carbonyl (C=O) groups is 1. The number of esters is 1. The highest BCUT2D eigenvalue weighted by Gasteiger charge is 2.20. The van der Waals surface area contributed by atoms with Gasteiger partial charge in [0.2, 0.25) is 0 Å². The van der Waals surface area contributed by atoms with Crippen LogP contribution < -0.4 is 5.56 Å². The Kier molecular flexibility index (Phi) is 5.95. The Morgan fingerprint density at radius 2 is 1.87 bits per heavy atom. The third-order valence-electron chi connectivity index (χ3n) is 5.16. The lowest BCUT2D eigenvalue weighted by Crippen LogP contribution is -2.27. The summed E-state index contributed by atoms with van der Waals surface area (Å²) in [6, 6.07) is 18.7. The predicted octanol–water partition coefficient (Wildman–Crippen LogP) is 4.99. The van der Waals surface area contributed by atoms with Crippen molar-refractivity contribution in [3.8, 4) is 0 Å². The molecule has 2 heterocycles. The lowest BCUT2D eigenvalue weighted by Gasteiger charge is -2.19. The first kappa shape index (κ1) is 20.9. The Morgan fingerprint density at radius 1 is 1.16 bits per heavy atom. The van der Waals surface area contributed by atoms with E-state index in [0.29, 0.717) is 38.9 Å². The number of benzene rings is 2. The molecule has 1 atom stereocenters. The number of fused-ring (bicyclic) bond motifs is 1. The number of carbonyl (C=O) groups excluding carboxylic acids is 1. The first-order valence-electron chi connectivity index (χ1n) is 9.86. The smallest absolute Gasteiger partial charge is 0.341 e. The van der Waals surface area contributed by atoms with Crippen LogP contribution in [-0.2, 0) is 10.5 Å². The van der Waals surface area contributed by atoms with E-state index in [4.69, 9.17) is 14.1 Å². The molecule has 0 spiro atoms. The molecule has 4 rings (SSSR count). The van der Waals surface area contributed by atoms with Crippen molar-refractivity contribution < 1.29 is 13.9 Å². The standard InChI is InChI=1S/C24H22N2O4S/c1-15(17-9-5-4-6-10-17)26-22(27)19-11-7-8-12-21(19)25-24(26)31-14-18-13-20(16(2)30-18)23(28)29-3/h4-13,15H,14H2,1-3H3. The van der Waals surface area contributed by atoms with E-state index in [1.807, 2.05) is 55.5 Å². The number of para-hydroxylation sites is 1. The van der Waals surface area contributed by atoms with E-state index in [1.165, 1.54) is 18.9 Å². The second-order valence-electron chi connectivity index (χ2n) is 7.14. The van der Waals surface area contributed by atoms with E-state index in [1.54, 1.807) is 23.6 Å². The monoisotopic (exact) mass is 434 g/mol. The van der Waals surface area contributed by atoms with E-state index in [9.17, 15) is 9.59 Å². The van der Waals surface area contributed by atoms with Crippen LogP contribution in [0.5, 0.6) is 0 Å². The molecule has 0 aliphatic rings. The number of hydrogen-bond acceptors (Lipinski definition) is 6. The molecule has 1 unspecified atom stereocenters. The Labute approximate surface area is 183 Å². The topological polar surface area (TPSA) is 74.3 Å². The zero-order valence-electron chi connectivity index (χ0n) is 17.5. The van der Waals surface area contributed by atoms with Crippen LogP contribution >= 0.6 is 11.8 Å². The highest BCUT2D eigenvalue weighted by atomic mass is 32.2. The van der Waals surface area contributed by atoms with Crippen molar-refractivity contribution in [2.45, 2.75) is 30.8 Å². The van der Waals surface area contributed by atoms with E-state index in [-0.39, 0.29) is 11.6 Å². The van der Waals surface area contributed by atoms with Gasteiger partial charge in [0, 0.05) is 0 Å². The molecule has 31 heavy (non-hydrogen) atoms. The fourth-order valence-corrected chi connectivity index (χ4v) is 4.47. The Balaban J connectivity index is 1.74. The summed E-state index contributed by atoms with van der Waals surface area (Å²) in [6.45, 7) is 3.71. The van der Waals surface area contributed by atoms with Crippen LogP contribution in [0, 0.1) is 6.92 Å². The van der Waals surface area contributed by atoms with Gasteiger partial charge in [0.25, 0.3) is 5.56 Å². The molecule has 4 aromatic rings. The molecular formula is C24H22N2O4S. The van der Waals surface area contributed by atoms with Crippen LogP contribution in [0.15, 0.2) is 75.0 Å². The number of ether oxygens (including phenoxy) is 1. The SMILES string of the molecule is COC(=O)c1cc(CSc2nc3ccccc3c(=O)n2C(C)c2ccccc2)oc1C. The van der Waals surface area contributed by atoms with Gasteiger partial charge in [-0.25, -0.2) is 9.78 Å². The van der Waals surface area contributed by atoms with Gasteiger partial charge in [-0.05, 0) is 37.6 Å². The van der Waals surface area contributed by atoms with Gasteiger partial charge < -0.3 is 9.15 Å². The van der Waals surface area contributed by atoms with Gasteiger partial charge in [-0.3, -0.25) is 9.36 Å². The van der Waals surface area contributed by atoms with Crippen molar-refractivity contribution in [1.29, 1.82) is 0 Å². The van der Waals surface area contributed by atoms with Crippen LogP contribution in [-0.4, -0.2) is 22.6 Å².